The number of amides is 1. The highest BCUT2D eigenvalue weighted by Gasteiger charge is 2.28. The number of anilines is 2. The highest BCUT2D eigenvalue weighted by Crippen LogP contribution is 2.37. The van der Waals surface area contributed by atoms with Gasteiger partial charge in [-0.2, -0.15) is 5.26 Å². The number of carbonyl (C=O) groups is 1. The van der Waals surface area contributed by atoms with Gasteiger partial charge in [0.25, 0.3) is 5.91 Å². The van der Waals surface area contributed by atoms with Gasteiger partial charge in [0.1, 0.15) is 21.5 Å². The van der Waals surface area contributed by atoms with Gasteiger partial charge in [-0.25, -0.2) is 0 Å². The van der Waals surface area contributed by atoms with Crippen molar-refractivity contribution in [3.05, 3.63) is 10.4 Å². The summed E-state index contributed by atoms with van der Waals surface area (Å²) in [5.74, 6) is -0.160. The van der Waals surface area contributed by atoms with Gasteiger partial charge in [0.05, 0.1) is 5.69 Å². The van der Waals surface area contributed by atoms with E-state index < -0.39 is 0 Å². The Morgan fingerprint density at radius 3 is 2.83 bits per heavy atom. The first-order valence-corrected chi connectivity index (χ1v) is 6.74. The van der Waals surface area contributed by atoms with Gasteiger partial charge in [-0.1, -0.05) is 0 Å². The van der Waals surface area contributed by atoms with E-state index in [1.807, 2.05) is 18.9 Å². The normalized spacial score (nSPS) is 14.1. The quantitative estimate of drug-likeness (QED) is 0.864. The zero-order valence-corrected chi connectivity index (χ0v) is 11.3. The molecular formula is C12H16N4OS. The highest BCUT2D eigenvalue weighted by molar-refractivity contribution is 7.19. The lowest BCUT2D eigenvalue weighted by Gasteiger charge is -2.14. The van der Waals surface area contributed by atoms with Crippen molar-refractivity contribution in [2.24, 2.45) is 0 Å². The molecule has 18 heavy (non-hydrogen) atoms. The molecule has 2 rings (SSSR count). The van der Waals surface area contributed by atoms with E-state index in [1.54, 1.807) is 0 Å². The zero-order chi connectivity index (χ0) is 13.3. The molecule has 6 heteroatoms. The molecule has 1 aliphatic carbocycles. The lowest BCUT2D eigenvalue weighted by Crippen LogP contribution is -2.25. The molecule has 0 atom stereocenters. The van der Waals surface area contributed by atoms with Crippen LogP contribution in [0, 0.1) is 11.3 Å². The molecule has 0 aromatic carbocycles. The van der Waals surface area contributed by atoms with Gasteiger partial charge < -0.3 is 16.0 Å². The summed E-state index contributed by atoms with van der Waals surface area (Å²) in [4.78, 5) is 14.4. The van der Waals surface area contributed by atoms with Crippen molar-refractivity contribution in [2.75, 3.05) is 24.2 Å². The average Bonchev–Trinajstić information content (AvgIpc) is 3.10. The number of rotatable bonds is 4. The Balaban J connectivity index is 2.33. The number of nitrogen functional groups attached to an aromatic ring is 1. The number of nitrogens with zero attached hydrogens (tertiary/aromatic N) is 2. The summed E-state index contributed by atoms with van der Waals surface area (Å²) in [6.07, 6.45) is 2.06. The summed E-state index contributed by atoms with van der Waals surface area (Å²) in [6, 6.07) is 2.38. The van der Waals surface area contributed by atoms with Gasteiger partial charge in [0.15, 0.2) is 0 Å². The van der Waals surface area contributed by atoms with Crippen molar-refractivity contribution in [2.45, 2.75) is 25.8 Å². The second-order valence-corrected chi connectivity index (χ2v) is 5.40. The molecule has 0 radical (unpaired) electrons. The van der Waals surface area contributed by atoms with Gasteiger partial charge in [-0.3, -0.25) is 4.79 Å². The van der Waals surface area contributed by atoms with Crippen LogP contribution in [0.5, 0.6) is 0 Å². The fourth-order valence-corrected chi connectivity index (χ4v) is 2.70. The van der Waals surface area contributed by atoms with Crippen molar-refractivity contribution in [1.82, 2.24) is 5.32 Å². The summed E-state index contributed by atoms with van der Waals surface area (Å²) < 4.78 is 0. The van der Waals surface area contributed by atoms with E-state index in [2.05, 4.69) is 11.4 Å². The number of thiophene rings is 1. The van der Waals surface area contributed by atoms with Crippen LogP contribution in [0.1, 0.15) is 35.0 Å². The summed E-state index contributed by atoms with van der Waals surface area (Å²) in [6.45, 7) is 2.75. The fraction of sp³-hybridized carbons (Fsp3) is 0.500. The Labute approximate surface area is 110 Å². The Morgan fingerprint density at radius 2 is 2.33 bits per heavy atom. The third-order valence-electron chi connectivity index (χ3n) is 2.98. The maximum Gasteiger partial charge on any atom is 0.263 e. The first-order chi connectivity index (χ1) is 8.58. The van der Waals surface area contributed by atoms with Gasteiger partial charge in [-0.15, -0.1) is 11.3 Å². The first-order valence-electron chi connectivity index (χ1n) is 5.92. The predicted molar refractivity (Wildman–Crippen MR) is 72.9 cm³/mol. The van der Waals surface area contributed by atoms with Crippen LogP contribution in [0.15, 0.2) is 0 Å². The van der Waals surface area contributed by atoms with E-state index in [1.165, 1.54) is 11.3 Å². The lowest BCUT2D eigenvalue weighted by molar-refractivity contribution is 0.0956. The summed E-state index contributed by atoms with van der Waals surface area (Å²) in [5.41, 5.74) is 6.61. The van der Waals surface area contributed by atoms with Crippen LogP contribution in [-0.4, -0.2) is 25.5 Å². The van der Waals surface area contributed by atoms with Crippen molar-refractivity contribution >= 4 is 27.9 Å². The van der Waals surface area contributed by atoms with Gasteiger partial charge >= 0.3 is 0 Å². The van der Waals surface area contributed by atoms with Crippen LogP contribution >= 0.6 is 11.3 Å². The number of hydrogen-bond acceptors (Lipinski definition) is 5. The van der Waals surface area contributed by atoms with Crippen molar-refractivity contribution < 1.29 is 4.79 Å². The molecule has 96 valence electrons. The number of nitrogens with two attached hydrogens (primary N) is 1. The number of nitriles is 1. The summed E-state index contributed by atoms with van der Waals surface area (Å²) in [5, 5.41) is 12.8. The molecular weight excluding hydrogens is 248 g/mol. The standard InChI is InChI=1S/C12H16N4OS/c1-3-16(2)12-8(6-13)9(14)10(18-12)11(17)15-7-4-5-7/h7H,3-5,14H2,1-2H3,(H,15,17). The van der Waals surface area contributed by atoms with E-state index in [9.17, 15) is 4.79 Å². The zero-order valence-electron chi connectivity index (χ0n) is 10.5. The molecule has 1 saturated carbocycles. The van der Waals surface area contributed by atoms with Crippen LogP contribution in [0.4, 0.5) is 10.7 Å². The molecule has 1 aromatic heterocycles. The molecule has 0 bridgehead atoms. The van der Waals surface area contributed by atoms with E-state index >= 15 is 0 Å². The van der Waals surface area contributed by atoms with E-state index in [4.69, 9.17) is 11.0 Å². The molecule has 3 N–H and O–H groups in total. The predicted octanol–water partition coefficient (Wildman–Crippen LogP) is 1.55. The molecule has 0 saturated heterocycles. The summed E-state index contributed by atoms with van der Waals surface area (Å²) in [7, 11) is 1.88. The first kappa shape index (κ1) is 12.7. The van der Waals surface area contributed by atoms with Crippen molar-refractivity contribution in [1.29, 1.82) is 5.26 Å². The fourth-order valence-electron chi connectivity index (χ4n) is 1.60. The highest BCUT2D eigenvalue weighted by atomic mass is 32.1. The summed E-state index contributed by atoms with van der Waals surface area (Å²) >= 11 is 1.29. The minimum atomic E-state index is -0.160. The Hall–Kier alpha value is -1.74. The third-order valence-corrected chi connectivity index (χ3v) is 4.30. The molecule has 1 fully saturated rings. The molecule has 1 aromatic rings. The van der Waals surface area contributed by atoms with Gasteiger partial charge in [0, 0.05) is 19.6 Å². The molecule has 0 aliphatic heterocycles. The molecule has 0 spiro atoms. The molecule has 1 heterocycles. The monoisotopic (exact) mass is 264 g/mol. The molecule has 5 nitrogen and oxygen atoms in total. The Bertz CT molecular complexity index is 513. The van der Waals surface area contributed by atoms with Crippen LogP contribution in [0.25, 0.3) is 0 Å². The van der Waals surface area contributed by atoms with Crippen molar-refractivity contribution in [3.8, 4) is 6.07 Å². The molecule has 1 amide bonds. The topological polar surface area (TPSA) is 82.2 Å². The van der Waals surface area contributed by atoms with E-state index in [0.717, 1.165) is 24.4 Å². The van der Waals surface area contributed by atoms with Crippen molar-refractivity contribution in [3.63, 3.8) is 0 Å². The smallest absolute Gasteiger partial charge is 0.263 e. The minimum Gasteiger partial charge on any atom is -0.396 e. The van der Waals surface area contributed by atoms with E-state index in [0.29, 0.717) is 16.1 Å². The number of nitrogens with one attached hydrogen (secondary N) is 1. The number of carbonyl (C=O) groups excluding carboxylic acids is 1. The van der Waals surface area contributed by atoms with Crippen LogP contribution in [0.2, 0.25) is 0 Å². The molecule has 1 aliphatic rings. The minimum absolute atomic E-state index is 0.160. The lowest BCUT2D eigenvalue weighted by atomic mass is 10.2. The van der Waals surface area contributed by atoms with Gasteiger partial charge in [0.2, 0.25) is 0 Å². The molecule has 0 unspecified atom stereocenters. The van der Waals surface area contributed by atoms with E-state index in [-0.39, 0.29) is 11.9 Å². The Morgan fingerprint density at radius 1 is 1.67 bits per heavy atom. The third kappa shape index (κ3) is 2.27. The van der Waals surface area contributed by atoms with Gasteiger partial charge in [-0.05, 0) is 19.8 Å². The average molecular weight is 264 g/mol. The number of hydrogen-bond donors (Lipinski definition) is 2. The van der Waals surface area contributed by atoms with Crippen LogP contribution < -0.4 is 16.0 Å². The van der Waals surface area contributed by atoms with Crippen LogP contribution in [0.3, 0.4) is 0 Å². The largest absolute Gasteiger partial charge is 0.396 e. The maximum absolute atomic E-state index is 12.0. The SMILES string of the molecule is CCN(C)c1sc(C(=O)NC2CC2)c(N)c1C#N. The maximum atomic E-state index is 12.0. The van der Waals surface area contributed by atoms with Crippen LogP contribution in [-0.2, 0) is 0 Å². The second kappa shape index (κ2) is 4.86. The Kier molecular flexibility index (Phi) is 3.43. The second-order valence-electron chi connectivity index (χ2n) is 4.40.